The Bertz CT molecular complexity index is 632. The van der Waals surface area contributed by atoms with Gasteiger partial charge in [0.15, 0.2) is 0 Å². The molecule has 24 heavy (non-hydrogen) atoms. The number of carbonyl (C=O) groups is 1. The van der Waals surface area contributed by atoms with E-state index in [1.54, 1.807) is 11.3 Å². The summed E-state index contributed by atoms with van der Waals surface area (Å²) in [6.45, 7) is 0.638. The number of thiophene rings is 1. The predicted molar refractivity (Wildman–Crippen MR) is 96.1 cm³/mol. The molecular weight excluding hydrogens is 348 g/mol. The van der Waals surface area contributed by atoms with Crippen LogP contribution in [0.25, 0.3) is 11.4 Å². The molecule has 3 N–H and O–H groups in total. The standard InChI is InChI=1S/C16H22N4O2S.ClH/c17-9-11-3-1-2-4-13(11)18-14(21)5-6-15-19-16(20-22-15)12-7-8-23-10-12;/h7-8,10-11,13H,1-6,9,17H2,(H,18,21);1H. The lowest BCUT2D eigenvalue weighted by molar-refractivity contribution is -0.122. The summed E-state index contributed by atoms with van der Waals surface area (Å²) in [5.41, 5.74) is 6.75. The van der Waals surface area contributed by atoms with Gasteiger partial charge in [-0.1, -0.05) is 18.0 Å². The molecule has 2 aromatic rings. The van der Waals surface area contributed by atoms with E-state index < -0.39 is 0 Å². The molecule has 0 bridgehead atoms. The van der Waals surface area contributed by atoms with Crippen molar-refractivity contribution in [3.8, 4) is 11.4 Å². The van der Waals surface area contributed by atoms with Gasteiger partial charge in [0.1, 0.15) is 0 Å². The molecule has 2 unspecified atom stereocenters. The number of nitrogens with one attached hydrogen (secondary N) is 1. The minimum Gasteiger partial charge on any atom is -0.353 e. The third-order valence-electron chi connectivity index (χ3n) is 4.37. The summed E-state index contributed by atoms with van der Waals surface area (Å²) in [5, 5.41) is 11.0. The molecule has 1 amide bonds. The Hall–Kier alpha value is -1.44. The summed E-state index contributed by atoms with van der Waals surface area (Å²) < 4.78 is 5.21. The van der Waals surface area contributed by atoms with Crippen molar-refractivity contribution in [2.45, 2.75) is 44.6 Å². The van der Waals surface area contributed by atoms with Gasteiger partial charge in [0.25, 0.3) is 0 Å². The molecule has 1 aliphatic carbocycles. The molecule has 0 aliphatic heterocycles. The zero-order valence-electron chi connectivity index (χ0n) is 13.4. The Morgan fingerprint density at radius 1 is 1.42 bits per heavy atom. The molecule has 0 saturated heterocycles. The van der Waals surface area contributed by atoms with Gasteiger partial charge in [-0.25, -0.2) is 0 Å². The van der Waals surface area contributed by atoms with Crippen LogP contribution in [0.1, 0.15) is 38.0 Å². The number of nitrogens with zero attached hydrogens (tertiary/aromatic N) is 2. The van der Waals surface area contributed by atoms with Crippen molar-refractivity contribution in [1.82, 2.24) is 15.5 Å². The van der Waals surface area contributed by atoms with Gasteiger partial charge < -0.3 is 15.6 Å². The van der Waals surface area contributed by atoms with Crippen molar-refractivity contribution in [3.05, 3.63) is 22.7 Å². The smallest absolute Gasteiger partial charge is 0.227 e. The SMILES string of the molecule is Cl.NCC1CCCCC1NC(=O)CCc1nc(-c2ccsc2)no1. The third-order valence-corrected chi connectivity index (χ3v) is 5.05. The molecule has 0 radical (unpaired) electrons. The van der Waals surface area contributed by atoms with E-state index in [1.165, 1.54) is 6.42 Å². The number of aryl methyl sites for hydroxylation is 1. The van der Waals surface area contributed by atoms with E-state index in [2.05, 4.69) is 15.5 Å². The molecule has 8 heteroatoms. The zero-order valence-corrected chi connectivity index (χ0v) is 15.1. The first kappa shape index (κ1) is 18.9. The van der Waals surface area contributed by atoms with Crippen LogP contribution in [-0.4, -0.2) is 28.6 Å². The van der Waals surface area contributed by atoms with Crippen molar-refractivity contribution < 1.29 is 9.32 Å². The van der Waals surface area contributed by atoms with Crippen LogP contribution < -0.4 is 11.1 Å². The maximum atomic E-state index is 12.1. The average molecular weight is 371 g/mol. The average Bonchev–Trinajstić information content (AvgIpc) is 3.24. The molecule has 0 spiro atoms. The second-order valence-electron chi connectivity index (χ2n) is 5.98. The minimum atomic E-state index is 0. The highest BCUT2D eigenvalue weighted by atomic mass is 35.5. The number of halogens is 1. The lowest BCUT2D eigenvalue weighted by atomic mass is 9.84. The molecule has 2 aromatic heterocycles. The minimum absolute atomic E-state index is 0. The van der Waals surface area contributed by atoms with Crippen molar-refractivity contribution in [3.63, 3.8) is 0 Å². The van der Waals surface area contributed by atoms with E-state index in [-0.39, 0.29) is 24.4 Å². The molecule has 0 aromatic carbocycles. The second kappa shape index (κ2) is 9.15. The molecule has 1 aliphatic rings. The van der Waals surface area contributed by atoms with Crippen LogP contribution in [0.3, 0.4) is 0 Å². The number of hydrogen-bond acceptors (Lipinski definition) is 6. The van der Waals surface area contributed by atoms with Crippen LogP contribution in [-0.2, 0) is 11.2 Å². The largest absolute Gasteiger partial charge is 0.353 e. The number of carbonyl (C=O) groups excluding carboxylic acids is 1. The number of nitrogens with two attached hydrogens (primary N) is 1. The summed E-state index contributed by atoms with van der Waals surface area (Å²) in [6.07, 6.45) is 5.32. The molecule has 1 fully saturated rings. The van der Waals surface area contributed by atoms with Gasteiger partial charge in [0, 0.05) is 29.8 Å². The van der Waals surface area contributed by atoms with Crippen LogP contribution in [0.15, 0.2) is 21.3 Å². The molecule has 2 heterocycles. The van der Waals surface area contributed by atoms with Crippen LogP contribution in [0.4, 0.5) is 0 Å². The van der Waals surface area contributed by atoms with E-state index in [1.807, 2.05) is 16.8 Å². The summed E-state index contributed by atoms with van der Waals surface area (Å²) >= 11 is 1.59. The Labute approximate surface area is 151 Å². The Morgan fingerprint density at radius 3 is 3.00 bits per heavy atom. The normalized spacial score (nSPS) is 20.4. The summed E-state index contributed by atoms with van der Waals surface area (Å²) in [7, 11) is 0. The van der Waals surface area contributed by atoms with E-state index in [0.29, 0.717) is 37.0 Å². The van der Waals surface area contributed by atoms with Crippen LogP contribution in [0.2, 0.25) is 0 Å². The van der Waals surface area contributed by atoms with E-state index >= 15 is 0 Å². The van der Waals surface area contributed by atoms with Crippen LogP contribution >= 0.6 is 23.7 Å². The first-order valence-electron chi connectivity index (χ1n) is 8.11. The highest BCUT2D eigenvalue weighted by molar-refractivity contribution is 7.08. The van der Waals surface area contributed by atoms with Crippen molar-refractivity contribution in [2.75, 3.05) is 6.54 Å². The lowest BCUT2D eigenvalue weighted by Crippen LogP contribution is -2.44. The quantitative estimate of drug-likeness (QED) is 0.815. The number of aromatic nitrogens is 2. The van der Waals surface area contributed by atoms with Gasteiger partial charge in [-0.15, -0.1) is 12.4 Å². The molecule has 3 rings (SSSR count). The number of hydrogen-bond donors (Lipinski definition) is 2. The molecule has 6 nitrogen and oxygen atoms in total. The third kappa shape index (κ3) is 4.78. The van der Waals surface area contributed by atoms with Gasteiger partial charge in [-0.3, -0.25) is 4.79 Å². The number of rotatable bonds is 6. The fourth-order valence-corrected chi connectivity index (χ4v) is 3.68. The molecule has 1 saturated carbocycles. The Morgan fingerprint density at radius 2 is 2.25 bits per heavy atom. The van der Waals surface area contributed by atoms with Gasteiger partial charge in [-0.05, 0) is 36.8 Å². The zero-order chi connectivity index (χ0) is 16.1. The topological polar surface area (TPSA) is 94.0 Å². The van der Waals surface area contributed by atoms with Gasteiger partial charge in [-0.2, -0.15) is 16.3 Å². The van der Waals surface area contributed by atoms with Crippen molar-refractivity contribution in [1.29, 1.82) is 0 Å². The molecule has 132 valence electrons. The van der Waals surface area contributed by atoms with E-state index in [4.69, 9.17) is 10.3 Å². The second-order valence-corrected chi connectivity index (χ2v) is 6.76. The Kier molecular flexibility index (Phi) is 7.20. The monoisotopic (exact) mass is 370 g/mol. The first-order valence-corrected chi connectivity index (χ1v) is 9.05. The maximum Gasteiger partial charge on any atom is 0.227 e. The first-order chi connectivity index (χ1) is 11.3. The van der Waals surface area contributed by atoms with Gasteiger partial charge in [0.05, 0.1) is 0 Å². The van der Waals surface area contributed by atoms with Gasteiger partial charge in [0.2, 0.25) is 17.6 Å². The van der Waals surface area contributed by atoms with E-state index in [9.17, 15) is 4.79 Å². The highest BCUT2D eigenvalue weighted by Crippen LogP contribution is 2.23. The summed E-state index contributed by atoms with van der Waals surface area (Å²) in [4.78, 5) is 16.5. The van der Waals surface area contributed by atoms with Crippen LogP contribution in [0.5, 0.6) is 0 Å². The predicted octanol–water partition coefficient (Wildman–Crippen LogP) is 2.79. The molecular formula is C16H23ClN4O2S. The number of amides is 1. The lowest BCUT2D eigenvalue weighted by Gasteiger charge is -2.31. The Balaban J connectivity index is 0.00000208. The maximum absolute atomic E-state index is 12.1. The fourth-order valence-electron chi connectivity index (χ4n) is 3.04. The summed E-state index contributed by atoms with van der Waals surface area (Å²) in [6, 6.07) is 2.16. The molecule has 2 atom stereocenters. The van der Waals surface area contributed by atoms with Crippen LogP contribution in [0, 0.1) is 5.92 Å². The van der Waals surface area contributed by atoms with Crippen molar-refractivity contribution in [2.24, 2.45) is 11.7 Å². The summed E-state index contributed by atoms with van der Waals surface area (Å²) in [5.74, 6) is 1.52. The fraction of sp³-hybridized carbons (Fsp3) is 0.562. The van der Waals surface area contributed by atoms with Crippen molar-refractivity contribution >= 4 is 29.7 Å². The van der Waals surface area contributed by atoms with E-state index in [0.717, 1.165) is 24.8 Å². The van der Waals surface area contributed by atoms with Gasteiger partial charge >= 0.3 is 0 Å². The highest BCUT2D eigenvalue weighted by Gasteiger charge is 2.25.